The van der Waals surface area contributed by atoms with Crippen LogP contribution in [0, 0.1) is 11.3 Å². The molecule has 0 aromatic carbocycles. The molecule has 1 aromatic heterocycles. The fourth-order valence-electron chi connectivity index (χ4n) is 4.39. The first-order chi connectivity index (χ1) is 10.6. The van der Waals surface area contributed by atoms with Crippen molar-refractivity contribution in [3.05, 3.63) is 17.5 Å². The average Bonchev–Trinajstić information content (AvgIpc) is 3.22. The number of carbonyl (C=O) groups excluding carboxylic acids is 1. The number of nitrogens with zero attached hydrogens (tertiary/aromatic N) is 1. The number of aromatic nitrogens is 2. The van der Waals surface area contributed by atoms with Crippen molar-refractivity contribution < 1.29 is 14.3 Å². The molecule has 3 aliphatic rings. The zero-order valence-corrected chi connectivity index (χ0v) is 13.1. The number of fused-ring (bicyclic) bond motifs is 1. The van der Waals surface area contributed by atoms with E-state index in [1.165, 1.54) is 0 Å². The summed E-state index contributed by atoms with van der Waals surface area (Å²) in [5.41, 5.74) is 1.57. The van der Waals surface area contributed by atoms with Gasteiger partial charge in [0.1, 0.15) is 0 Å². The molecule has 0 bridgehead atoms. The second-order valence-electron chi connectivity index (χ2n) is 7.27. The molecule has 1 saturated carbocycles. The quantitative estimate of drug-likeness (QED) is 0.886. The standard InChI is InChI=1S/C16H23N3O3/c1-16(2)13(10-4-6-22-14(10)16)18-15(20)11-7-17-19-12(11)9-3-5-21-8-9/h7,9-10,13-14H,3-6,8H2,1-2H3,(H,17,19)(H,18,20). The van der Waals surface area contributed by atoms with Crippen LogP contribution in [0.25, 0.3) is 0 Å². The summed E-state index contributed by atoms with van der Waals surface area (Å²) in [6.07, 6.45) is 3.89. The minimum Gasteiger partial charge on any atom is -0.381 e. The molecule has 0 spiro atoms. The normalized spacial score (nSPS) is 35.9. The molecule has 6 heteroatoms. The van der Waals surface area contributed by atoms with Gasteiger partial charge in [0, 0.05) is 36.5 Å². The van der Waals surface area contributed by atoms with Gasteiger partial charge < -0.3 is 14.8 Å². The van der Waals surface area contributed by atoms with Crippen molar-refractivity contribution in [2.75, 3.05) is 19.8 Å². The van der Waals surface area contributed by atoms with E-state index < -0.39 is 0 Å². The van der Waals surface area contributed by atoms with E-state index >= 15 is 0 Å². The van der Waals surface area contributed by atoms with E-state index in [1.54, 1.807) is 6.20 Å². The molecule has 0 radical (unpaired) electrons. The second-order valence-corrected chi connectivity index (χ2v) is 7.27. The highest BCUT2D eigenvalue weighted by molar-refractivity contribution is 5.95. The van der Waals surface area contributed by atoms with Crippen LogP contribution in [0.15, 0.2) is 6.20 Å². The molecule has 4 rings (SSSR count). The van der Waals surface area contributed by atoms with Gasteiger partial charge in [-0.1, -0.05) is 13.8 Å². The van der Waals surface area contributed by atoms with Gasteiger partial charge in [-0.15, -0.1) is 0 Å². The summed E-state index contributed by atoms with van der Waals surface area (Å²) in [6.45, 7) is 6.57. The number of carbonyl (C=O) groups is 1. The van der Waals surface area contributed by atoms with Gasteiger partial charge >= 0.3 is 0 Å². The topological polar surface area (TPSA) is 76.2 Å². The first kappa shape index (κ1) is 14.2. The van der Waals surface area contributed by atoms with E-state index in [-0.39, 0.29) is 29.4 Å². The highest BCUT2D eigenvalue weighted by Crippen LogP contribution is 2.52. The Balaban J connectivity index is 1.50. The van der Waals surface area contributed by atoms with Crippen LogP contribution < -0.4 is 5.32 Å². The van der Waals surface area contributed by atoms with Gasteiger partial charge in [-0.3, -0.25) is 9.89 Å². The maximum atomic E-state index is 12.7. The van der Waals surface area contributed by atoms with Crippen molar-refractivity contribution in [3.8, 4) is 0 Å². The molecule has 2 aliphatic heterocycles. The molecule has 6 nitrogen and oxygen atoms in total. The summed E-state index contributed by atoms with van der Waals surface area (Å²) in [5.74, 6) is 0.670. The Morgan fingerprint density at radius 2 is 2.27 bits per heavy atom. The molecule has 4 unspecified atom stereocenters. The highest BCUT2D eigenvalue weighted by Gasteiger charge is 2.59. The smallest absolute Gasteiger partial charge is 0.255 e. The Bertz CT molecular complexity index is 577. The molecule has 120 valence electrons. The molecule has 2 N–H and O–H groups in total. The van der Waals surface area contributed by atoms with Gasteiger partial charge in [-0.25, -0.2) is 0 Å². The molecule has 3 fully saturated rings. The number of rotatable bonds is 3. The predicted molar refractivity (Wildman–Crippen MR) is 79.6 cm³/mol. The number of nitrogens with one attached hydrogen (secondary N) is 2. The molecular weight excluding hydrogens is 282 g/mol. The van der Waals surface area contributed by atoms with Gasteiger partial charge in [-0.05, 0) is 12.8 Å². The number of hydrogen-bond acceptors (Lipinski definition) is 4. The van der Waals surface area contributed by atoms with Crippen LogP contribution in [0.3, 0.4) is 0 Å². The number of ether oxygens (including phenoxy) is 2. The predicted octanol–water partition coefficient (Wildman–Crippen LogP) is 1.46. The van der Waals surface area contributed by atoms with Crippen LogP contribution in [0.1, 0.15) is 48.7 Å². The highest BCUT2D eigenvalue weighted by atomic mass is 16.5. The first-order valence-corrected chi connectivity index (χ1v) is 8.12. The summed E-state index contributed by atoms with van der Waals surface area (Å²) in [4.78, 5) is 12.7. The van der Waals surface area contributed by atoms with Crippen LogP contribution >= 0.6 is 0 Å². The van der Waals surface area contributed by atoms with Gasteiger partial charge in [0.2, 0.25) is 0 Å². The zero-order valence-electron chi connectivity index (χ0n) is 13.1. The third-order valence-electron chi connectivity index (χ3n) is 5.64. The molecule has 22 heavy (non-hydrogen) atoms. The van der Waals surface area contributed by atoms with E-state index in [4.69, 9.17) is 9.47 Å². The maximum Gasteiger partial charge on any atom is 0.255 e. The van der Waals surface area contributed by atoms with Crippen LogP contribution in [0.4, 0.5) is 0 Å². The second kappa shape index (κ2) is 5.06. The first-order valence-electron chi connectivity index (χ1n) is 8.12. The van der Waals surface area contributed by atoms with Crippen LogP contribution in [0.5, 0.6) is 0 Å². The van der Waals surface area contributed by atoms with E-state index in [9.17, 15) is 4.79 Å². The minimum absolute atomic E-state index is 0.00278. The Morgan fingerprint density at radius 1 is 1.41 bits per heavy atom. The fraction of sp³-hybridized carbons (Fsp3) is 0.750. The number of hydrogen-bond donors (Lipinski definition) is 2. The Labute approximate surface area is 129 Å². The summed E-state index contributed by atoms with van der Waals surface area (Å²) in [7, 11) is 0. The zero-order chi connectivity index (χ0) is 15.3. The van der Waals surface area contributed by atoms with Crippen molar-refractivity contribution in [3.63, 3.8) is 0 Å². The van der Waals surface area contributed by atoms with Crippen LogP contribution in [-0.4, -0.2) is 48.1 Å². The number of H-pyrrole nitrogens is 1. The van der Waals surface area contributed by atoms with Crippen molar-refractivity contribution in [2.45, 2.75) is 44.8 Å². The Kier molecular flexibility index (Phi) is 3.27. The molecule has 1 amide bonds. The minimum atomic E-state index is -0.0286. The van der Waals surface area contributed by atoms with Gasteiger partial charge in [0.15, 0.2) is 0 Å². The summed E-state index contributed by atoms with van der Waals surface area (Å²) in [6, 6.07) is 0.176. The van der Waals surface area contributed by atoms with Gasteiger partial charge in [-0.2, -0.15) is 5.10 Å². The number of aromatic amines is 1. The summed E-state index contributed by atoms with van der Waals surface area (Å²) < 4.78 is 11.2. The summed E-state index contributed by atoms with van der Waals surface area (Å²) in [5, 5.41) is 10.3. The van der Waals surface area contributed by atoms with E-state index in [1.807, 2.05) is 0 Å². The third-order valence-corrected chi connectivity index (χ3v) is 5.64. The van der Waals surface area contributed by atoms with Crippen molar-refractivity contribution in [2.24, 2.45) is 11.3 Å². The lowest BCUT2D eigenvalue weighted by Gasteiger charge is -2.54. The molecule has 4 atom stereocenters. The molecule has 3 heterocycles. The summed E-state index contributed by atoms with van der Waals surface area (Å²) >= 11 is 0. The molecule has 1 aliphatic carbocycles. The molecule has 2 saturated heterocycles. The lowest BCUT2D eigenvalue weighted by Crippen LogP contribution is -2.66. The average molecular weight is 305 g/mol. The lowest BCUT2D eigenvalue weighted by molar-refractivity contribution is -0.108. The van der Waals surface area contributed by atoms with Crippen LogP contribution in [0.2, 0.25) is 0 Å². The maximum absolute atomic E-state index is 12.7. The van der Waals surface area contributed by atoms with Crippen molar-refractivity contribution in [1.29, 1.82) is 0 Å². The van der Waals surface area contributed by atoms with E-state index in [0.717, 1.165) is 31.7 Å². The Hall–Kier alpha value is -1.40. The fourth-order valence-corrected chi connectivity index (χ4v) is 4.39. The lowest BCUT2D eigenvalue weighted by atomic mass is 9.57. The van der Waals surface area contributed by atoms with E-state index in [2.05, 4.69) is 29.4 Å². The molecule has 1 aromatic rings. The Morgan fingerprint density at radius 3 is 3.05 bits per heavy atom. The van der Waals surface area contributed by atoms with Crippen molar-refractivity contribution in [1.82, 2.24) is 15.5 Å². The molecular formula is C16H23N3O3. The van der Waals surface area contributed by atoms with Crippen molar-refractivity contribution >= 4 is 5.91 Å². The third kappa shape index (κ3) is 2.01. The van der Waals surface area contributed by atoms with Crippen LogP contribution in [-0.2, 0) is 9.47 Å². The van der Waals surface area contributed by atoms with E-state index in [0.29, 0.717) is 18.1 Å². The van der Waals surface area contributed by atoms with Gasteiger partial charge in [0.25, 0.3) is 5.91 Å². The number of amides is 1. The van der Waals surface area contributed by atoms with Gasteiger partial charge in [0.05, 0.1) is 30.2 Å². The monoisotopic (exact) mass is 305 g/mol. The largest absolute Gasteiger partial charge is 0.381 e. The SMILES string of the molecule is CC1(C)C(NC(=O)c2cn[nH]c2C2CCOC2)C2CCOC21.